The van der Waals surface area contributed by atoms with Crippen LogP contribution in [0.25, 0.3) is 0 Å². The molecule has 0 spiro atoms. The number of carboxylic acid groups (broad SMARTS) is 1. The van der Waals surface area contributed by atoms with E-state index < -0.39 is 24.3 Å². The van der Waals surface area contributed by atoms with E-state index in [1.807, 2.05) is 21.1 Å². The van der Waals surface area contributed by atoms with Crippen molar-refractivity contribution in [3.63, 3.8) is 0 Å². The first kappa shape index (κ1) is 88.4. The van der Waals surface area contributed by atoms with E-state index in [-0.39, 0.29) is 32.2 Å². The zero-order valence-corrected chi connectivity index (χ0v) is 60.9. The summed E-state index contributed by atoms with van der Waals surface area (Å²) < 4.78 is 23.0. The maximum Gasteiger partial charge on any atom is 0.361 e. The molecule has 532 valence electrons. The van der Waals surface area contributed by atoms with Crippen molar-refractivity contribution in [1.29, 1.82) is 0 Å². The quantitative estimate of drug-likeness (QED) is 0.0211. The Hall–Kier alpha value is -4.57. The van der Waals surface area contributed by atoms with Gasteiger partial charge in [-0.05, 0) is 116 Å². The van der Waals surface area contributed by atoms with E-state index in [9.17, 15) is 19.5 Å². The van der Waals surface area contributed by atoms with Crippen LogP contribution in [0.15, 0.2) is 134 Å². The first-order valence-electron chi connectivity index (χ1n) is 38.3. The molecule has 0 saturated carbocycles. The Labute approximate surface area is 573 Å². The van der Waals surface area contributed by atoms with Gasteiger partial charge in [0, 0.05) is 12.8 Å². The van der Waals surface area contributed by atoms with E-state index in [1.54, 1.807) is 0 Å². The van der Waals surface area contributed by atoms with Crippen LogP contribution in [0.2, 0.25) is 0 Å². The number of rotatable bonds is 70. The number of esters is 2. The van der Waals surface area contributed by atoms with E-state index in [2.05, 4.69) is 148 Å². The van der Waals surface area contributed by atoms with E-state index in [0.29, 0.717) is 23.9 Å². The molecule has 0 heterocycles. The summed E-state index contributed by atoms with van der Waals surface area (Å²) in [6.45, 7) is 4.73. The Morgan fingerprint density at radius 3 is 0.925 bits per heavy atom. The van der Waals surface area contributed by atoms with Gasteiger partial charge in [0.1, 0.15) is 13.2 Å². The number of aliphatic carboxylic acids is 1. The van der Waals surface area contributed by atoms with Crippen LogP contribution >= 0.6 is 0 Å². The minimum atomic E-state index is -1.53. The van der Waals surface area contributed by atoms with Crippen LogP contribution in [0.1, 0.15) is 322 Å². The lowest BCUT2D eigenvalue weighted by Crippen LogP contribution is -2.40. The number of nitrogens with zero attached hydrogens (tertiary/aromatic N) is 1. The summed E-state index contributed by atoms with van der Waals surface area (Å²) in [6, 6.07) is 0. The predicted octanol–water partition coefficient (Wildman–Crippen LogP) is 24.5. The lowest BCUT2D eigenvalue weighted by Gasteiger charge is -2.25. The molecule has 2 unspecified atom stereocenters. The number of allylic oxidation sites excluding steroid dienone is 22. The molecular formula is C84H144NO8+. The van der Waals surface area contributed by atoms with Crippen LogP contribution in [-0.2, 0) is 33.3 Å². The number of likely N-dealkylation sites (N-methyl/N-ethyl adjacent to an activating group) is 1. The lowest BCUT2D eigenvalue weighted by molar-refractivity contribution is -0.870. The van der Waals surface area contributed by atoms with Gasteiger partial charge in [-0.25, -0.2) is 4.79 Å². The molecule has 2 atom stereocenters. The molecule has 9 nitrogen and oxygen atoms in total. The number of quaternary nitrogens is 1. The fourth-order valence-corrected chi connectivity index (χ4v) is 10.6. The average molecular weight is 1300 g/mol. The maximum absolute atomic E-state index is 12.9. The highest BCUT2D eigenvalue weighted by Gasteiger charge is 2.25. The van der Waals surface area contributed by atoms with E-state index in [4.69, 9.17) is 18.9 Å². The van der Waals surface area contributed by atoms with Crippen molar-refractivity contribution >= 4 is 17.9 Å². The molecule has 0 aliphatic rings. The van der Waals surface area contributed by atoms with Gasteiger partial charge in [-0.15, -0.1) is 0 Å². The first-order valence-corrected chi connectivity index (χ1v) is 38.3. The molecule has 0 aromatic heterocycles. The fraction of sp³-hybridized carbons (Fsp3) is 0.702. The van der Waals surface area contributed by atoms with Gasteiger partial charge >= 0.3 is 17.9 Å². The molecular weight excluding hydrogens is 1150 g/mol. The van der Waals surface area contributed by atoms with Gasteiger partial charge in [-0.2, -0.15) is 0 Å². The maximum atomic E-state index is 12.9. The van der Waals surface area contributed by atoms with E-state index >= 15 is 0 Å². The van der Waals surface area contributed by atoms with Crippen LogP contribution < -0.4 is 0 Å². The van der Waals surface area contributed by atoms with Crippen molar-refractivity contribution in [2.45, 2.75) is 334 Å². The summed E-state index contributed by atoms with van der Waals surface area (Å²) in [4.78, 5) is 37.7. The third-order valence-corrected chi connectivity index (χ3v) is 16.4. The lowest BCUT2D eigenvalue weighted by atomic mass is 10.0. The van der Waals surface area contributed by atoms with E-state index in [0.717, 1.165) is 103 Å². The SMILES string of the molecule is CC/C=C\C/C=C\C/C=C\C/C=C\C/C=C\C/C=C\C/C=C\C/C=C\C/C=C\CCCCCC(=O)OC(COC(=O)CCCCCCCCCCCCCCCCCCCCCCCCCCC/C=C\C/C=C\CCCCCCC)COC(OCC[N+](C)(C)C)C(=O)O. The minimum Gasteiger partial charge on any atom is -0.477 e. The summed E-state index contributed by atoms with van der Waals surface area (Å²) in [5.41, 5.74) is 0. The Kier molecular flexibility index (Phi) is 69.6. The molecule has 0 radical (unpaired) electrons. The zero-order valence-electron chi connectivity index (χ0n) is 60.9. The number of carbonyl (C=O) groups excluding carboxylic acids is 2. The van der Waals surface area contributed by atoms with Gasteiger partial charge < -0.3 is 28.5 Å². The number of carboxylic acids is 1. The van der Waals surface area contributed by atoms with Crippen LogP contribution in [0.5, 0.6) is 0 Å². The molecule has 0 aliphatic carbocycles. The highest BCUT2D eigenvalue weighted by atomic mass is 16.7. The largest absolute Gasteiger partial charge is 0.477 e. The molecule has 0 aliphatic heterocycles. The molecule has 0 aromatic carbocycles. The predicted molar refractivity (Wildman–Crippen MR) is 401 cm³/mol. The van der Waals surface area contributed by atoms with Gasteiger partial charge in [0.05, 0.1) is 34.4 Å². The van der Waals surface area contributed by atoms with Crippen LogP contribution in [0.3, 0.4) is 0 Å². The second-order valence-electron chi connectivity index (χ2n) is 26.6. The second-order valence-corrected chi connectivity index (χ2v) is 26.6. The Morgan fingerprint density at radius 1 is 0.333 bits per heavy atom. The molecule has 0 saturated heterocycles. The van der Waals surface area contributed by atoms with Crippen molar-refractivity contribution in [3.05, 3.63) is 134 Å². The van der Waals surface area contributed by atoms with Gasteiger partial charge in [0.2, 0.25) is 0 Å². The monoisotopic (exact) mass is 1300 g/mol. The molecule has 0 bridgehead atoms. The van der Waals surface area contributed by atoms with Crippen LogP contribution in [0, 0.1) is 0 Å². The summed E-state index contributed by atoms with van der Waals surface area (Å²) in [7, 11) is 5.96. The standard InChI is InChI=1S/C84H143NO8/c1-6-8-10-12-14-16-18-20-22-24-26-28-30-32-34-36-38-39-40-41-42-43-45-46-48-50-52-54-56-58-60-62-64-66-68-70-72-74-81(86)91-78-80(79-92-84(83(88)89)90-77-76-85(3,4)5)93-82(87)75-73-71-69-67-65-63-61-59-57-55-53-51-49-47-44-37-35-33-31-29-27-25-23-21-19-17-15-13-11-9-7-2/h9,11,15,17-18,20-21,23-24,26-27,29,33,35,44,47,51,53,57,59,63,65,80,84H,6-8,10,12-14,16,19,22,25,28,30-32,34,36-43,45-46,48-50,52,54-56,58,60-62,64,66-79H2,1-5H3/p+1/b11-9-,17-15-,20-18-,23-21-,26-24-,29-27-,35-33-,47-44-,53-51-,59-57-,65-63-. The molecule has 1 N–H and O–H groups in total. The number of carbonyl (C=O) groups is 3. The fourth-order valence-electron chi connectivity index (χ4n) is 10.6. The third kappa shape index (κ3) is 74.7. The van der Waals surface area contributed by atoms with Crippen molar-refractivity contribution in [3.8, 4) is 0 Å². The number of hydrogen-bond acceptors (Lipinski definition) is 7. The summed E-state index contributed by atoms with van der Waals surface area (Å²) in [5.74, 6) is -2.05. The summed E-state index contributed by atoms with van der Waals surface area (Å²) in [5, 5.41) is 9.76. The van der Waals surface area contributed by atoms with Crippen molar-refractivity contribution in [2.75, 3.05) is 47.5 Å². The smallest absolute Gasteiger partial charge is 0.361 e. The molecule has 0 rings (SSSR count). The van der Waals surface area contributed by atoms with Crippen molar-refractivity contribution in [2.24, 2.45) is 0 Å². The van der Waals surface area contributed by atoms with Crippen molar-refractivity contribution in [1.82, 2.24) is 0 Å². The number of hydrogen-bond donors (Lipinski definition) is 1. The molecule has 93 heavy (non-hydrogen) atoms. The summed E-state index contributed by atoms with van der Waals surface area (Å²) >= 11 is 0. The Bertz CT molecular complexity index is 2000. The zero-order chi connectivity index (χ0) is 67.5. The molecule has 0 fully saturated rings. The van der Waals surface area contributed by atoms with Crippen LogP contribution in [0.4, 0.5) is 0 Å². The Balaban J connectivity index is 4.11. The van der Waals surface area contributed by atoms with Gasteiger partial charge in [0.25, 0.3) is 6.29 Å². The minimum absolute atomic E-state index is 0.175. The second kappa shape index (κ2) is 73.2. The van der Waals surface area contributed by atoms with Gasteiger partial charge in [-0.1, -0.05) is 327 Å². The first-order chi connectivity index (χ1) is 45.6. The highest BCUT2D eigenvalue weighted by Crippen LogP contribution is 2.18. The molecule has 9 heteroatoms. The molecule has 0 aromatic rings. The number of unbranched alkanes of at least 4 members (excludes halogenated alkanes) is 33. The summed E-state index contributed by atoms with van der Waals surface area (Å²) in [6.07, 6.45) is 103. The van der Waals surface area contributed by atoms with E-state index in [1.165, 1.54) is 186 Å². The normalized spacial score (nSPS) is 13.4. The Morgan fingerprint density at radius 2 is 0.613 bits per heavy atom. The van der Waals surface area contributed by atoms with Crippen molar-refractivity contribution < 1.29 is 42.9 Å². The van der Waals surface area contributed by atoms with Gasteiger partial charge in [-0.3, -0.25) is 9.59 Å². The topological polar surface area (TPSA) is 108 Å². The number of ether oxygens (including phenoxy) is 4. The van der Waals surface area contributed by atoms with Crippen LogP contribution in [-0.4, -0.2) is 87.4 Å². The average Bonchev–Trinajstić information content (AvgIpc) is 3.38. The third-order valence-electron chi connectivity index (χ3n) is 16.4. The highest BCUT2D eigenvalue weighted by molar-refractivity contribution is 5.71. The van der Waals surface area contributed by atoms with Gasteiger partial charge in [0.15, 0.2) is 6.10 Å². The molecule has 0 amide bonds.